The molecule has 0 spiro atoms. The van der Waals surface area contributed by atoms with Crippen molar-refractivity contribution >= 4 is 5.84 Å². The standard InChI is InChI=1S/C13H27N3O/c1-6-17-11(13(2,3)4)12(14)16-9-7-15(5)8-10-16/h11,14H,6-10H2,1-5H3. The Labute approximate surface area is 105 Å². The molecule has 1 aliphatic rings. The van der Waals surface area contributed by atoms with E-state index in [9.17, 15) is 0 Å². The van der Waals surface area contributed by atoms with E-state index in [-0.39, 0.29) is 11.5 Å². The van der Waals surface area contributed by atoms with Gasteiger partial charge in [-0.25, -0.2) is 0 Å². The minimum Gasteiger partial charge on any atom is -0.370 e. The molecule has 1 aliphatic heterocycles. The first-order valence-corrected chi connectivity index (χ1v) is 6.49. The molecule has 1 rings (SSSR count). The zero-order valence-electron chi connectivity index (χ0n) is 11.9. The second-order valence-electron chi connectivity index (χ2n) is 5.88. The van der Waals surface area contributed by atoms with Gasteiger partial charge in [0, 0.05) is 32.8 Å². The molecule has 0 amide bonds. The van der Waals surface area contributed by atoms with Gasteiger partial charge >= 0.3 is 0 Å². The van der Waals surface area contributed by atoms with Gasteiger partial charge in [0.05, 0.1) is 0 Å². The van der Waals surface area contributed by atoms with Gasteiger partial charge in [-0.05, 0) is 19.4 Å². The number of nitrogens with zero attached hydrogens (tertiary/aromatic N) is 2. The number of rotatable bonds is 3. The van der Waals surface area contributed by atoms with Crippen LogP contribution < -0.4 is 0 Å². The van der Waals surface area contributed by atoms with E-state index in [1.54, 1.807) is 0 Å². The molecule has 1 fully saturated rings. The topological polar surface area (TPSA) is 39.6 Å². The van der Waals surface area contributed by atoms with Crippen molar-refractivity contribution < 1.29 is 4.74 Å². The van der Waals surface area contributed by atoms with Crippen LogP contribution in [0.1, 0.15) is 27.7 Å². The maximum Gasteiger partial charge on any atom is 0.126 e. The van der Waals surface area contributed by atoms with Gasteiger partial charge in [0.15, 0.2) is 0 Å². The first-order valence-electron chi connectivity index (χ1n) is 6.49. The highest BCUT2D eigenvalue weighted by Crippen LogP contribution is 2.24. The highest BCUT2D eigenvalue weighted by molar-refractivity contribution is 5.84. The SMILES string of the molecule is CCOC(C(=N)N1CCN(C)CC1)C(C)(C)C. The lowest BCUT2D eigenvalue weighted by Crippen LogP contribution is -2.53. The van der Waals surface area contributed by atoms with Crippen LogP contribution in [0.2, 0.25) is 0 Å². The van der Waals surface area contributed by atoms with Crippen molar-refractivity contribution in [2.45, 2.75) is 33.8 Å². The van der Waals surface area contributed by atoms with E-state index < -0.39 is 0 Å². The molecule has 1 heterocycles. The molecule has 0 bridgehead atoms. The van der Waals surface area contributed by atoms with Crippen molar-refractivity contribution in [1.29, 1.82) is 5.41 Å². The second kappa shape index (κ2) is 5.83. The van der Waals surface area contributed by atoms with Crippen molar-refractivity contribution in [2.75, 3.05) is 39.8 Å². The molecular formula is C13H27N3O. The molecule has 0 aromatic heterocycles. The number of amidine groups is 1. The number of nitrogens with one attached hydrogen (secondary N) is 1. The summed E-state index contributed by atoms with van der Waals surface area (Å²) in [5.41, 5.74) is -0.0174. The molecular weight excluding hydrogens is 214 g/mol. The predicted octanol–water partition coefficient (Wildman–Crippen LogP) is 1.66. The van der Waals surface area contributed by atoms with E-state index in [0.717, 1.165) is 26.2 Å². The van der Waals surface area contributed by atoms with Crippen LogP contribution in [0.4, 0.5) is 0 Å². The Morgan fingerprint density at radius 1 is 1.24 bits per heavy atom. The van der Waals surface area contributed by atoms with Crippen LogP contribution in [0.3, 0.4) is 0 Å². The van der Waals surface area contributed by atoms with Crippen molar-refractivity contribution in [1.82, 2.24) is 9.80 Å². The van der Waals surface area contributed by atoms with Crippen LogP contribution in [-0.4, -0.2) is 61.6 Å². The van der Waals surface area contributed by atoms with Gasteiger partial charge in [-0.2, -0.15) is 0 Å². The number of hydrogen-bond acceptors (Lipinski definition) is 3. The average Bonchev–Trinajstić information content (AvgIpc) is 2.24. The molecule has 1 N–H and O–H groups in total. The second-order valence-corrected chi connectivity index (χ2v) is 5.88. The first-order chi connectivity index (χ1) is 7.86. The molecule has 4 nitrogen and oxygen atoms in total. The lowest BCUT2D eigenvalue weighted by molar-refractivity contribution is 0.0247. The minimum absolute atomic E-state index is 0.0174. The average molecular weight is 241 g/mol. The van der Waals surface area contributed by atoms with E-state index >= 15 is 0 Å². The van der Waals surface area contributed by atoms with Gasteiger partial charge < -0.3 is 14.5 Å². The van der Waals surface area contributed by atoms with Crippen molar-refractivity contribution in [3.8, 4) is 0 Å². The molecule has 0 saturated carbocycles. The highest BCUT2D eigenvalue weighted by Gasteiger charge is 2.32. The summed E-state index contributed by atoms with van der Waals surface area (Å²) in [6.45, 7) is 13.0. The molecule has 100 valence electrons. The summed E-state index contributed by atoms with van der Waals surface area (Å²) in [6, 6.07) is 0. The number of ether oxygens (including phenoxy) is 1. The molecule has 4 heteroatoms. The maximum atomic E-state index is 8.35. The van der Waals surface area contributed by atoms with E-state index in [4.69, 9.17) is 10.1 Å². The molecule has 0 aliphatic carbocycles. The summed E-state index contributed by atoms with van der Waals surface area (Å²) in [7, 11) is 2.13. The Bertz CT molecular complexity index is 252. The quantitative estimate of drug-likeness (QED) is 0.603. The van der Waals surface area contributed by atoms with Crippen molar-refractivity contribution in [2.24, 2.45) is 5.41 Å². The molecule has 17 heavy (non-hydrogen) atoms. The maximum absolute atomic E-state index is 8.35. The lowest BCUT2D eigenvalue weighted by Gasteiger charge is -2.40. The summed E-state index contributed by atoms with van der Waals surface area (Å²) >= 11 is 0. The predicted molar refractivity (Wildman–Crippen MR) is 71.7 cm³/mol. The van der Waals surface area contributed by atoms with Crippen molar-refractivity contribution in [3.63, 3.8) is 0 Å². The molecule has 0 radical (unpaired) electrons. The normalized spacial score (nSPS) is 20.4. The van der Waals surface area contributed by atoms with Gasteiger partial charge in [-0.1, -0.05) is 20.8 Å². The van der Waals surface area contributed by atoms with Crippen LogP contribution in [0.15, 0.2) is 0 Å². The summed E-state index contributed by atoms with van der Waals surface area (Å²) in [5.74, 6) is 0.646. The summed E-state index contributed by atoms with van der Waals surface area (Å²) < 4.78 is 5.77. The van der Waals surface area contributed by atoms with Crippen LogP contribution >= 0.6 is 0 Å². The minimum atomic E-state index is -0.101. The fourth-order valence-electron chi connectivity index (χ4n) is 2.12. The Kier molecular flexibility index (Phi) is 4.95. The van der Waals surface area contributed by atoms with Gasteiger partial charge in [0.2, 0.25) is 0 Å². The van der Waals surface area contributed by atoms with Crippen molar-refractivity contribution in [3.05, 3.63) is 0 Å². The molecule has 0 aromatic rings. The Morgan fingerprint density at radius 2 is 1.76 bits per heavy atom. The highest BCUT2D eigenvalue weighted by atomic mass is 16.5. The third-order valence-electron chi connectivity index (χ3n) is 3.21. The third-order valence-corrected chi connectivity index (χ3v) is 3.21. The van der Waals surface area contributed by atoms with Gasteiger partial charge in [-0.3, -0.25) is 5.41 Å². The summed E-state index contributed by atoms with van der Waals surface area (Å²) in [5, 5.41) is 8.35. The number of piperazine rings is 1. The lowest BCUT2D eigenvalue weighted by atomic mass is 9.87. The third kappa shape index (κ3) is 3.96. The molecule has 0 aromatic carbocycles. The van der Waals surface area contributed by atoms with Crippen LogP contribution in [0.5, 0.6) is 0 Å². The fourth-order valence-corrected chi connectivity index (χ4v) is 2.12. The summed E-state index contributed by atoms with van der Waals surface area (Å²) in [6.07, 6.45) is -0.101. The molecule has 1 atom stereocenters. The summed E-state index contributed by atoms with van der Waals surface area (Å²) in [4.78, 5) is 4.46. The molecule has 1 unspecified atom stereocenters. The Balaban J connectivity index is 2.65. The zero-order valence-corrected chi connectivity index (χ0v) is 11.9. The van der Waals surface area contributed by atoms with E-state index in [1.807, 2.05) is 6.92 Å². The van der Waals surface area contributed by atoms with E-state index in [1.165, 1.54) is 0 Å². The van der Waals surface area contributed by atoms with Crippen LogP contribution in [0, 0.1) is 10.8 Å². The zero-order chi connectivity index (χ0) is 13.1. The van der Waals surface area contributed by atoms with Gasteiger partial charge in [0.1, 0.15) is 11.9 Å². The van der Waals surface area contributed by atoms with Gasteiger partial charge in [0.25, 0.3) is 0 Å². The smallest absolute Gasteiger partial charge is 0.126 e. The monoisotopic (exact) mass is 241 g/mol. The van der Waals surface area contributed by atoms with Crippen LogP contribution in [0.25, 0.3) is 0 Å². The molecule has 1 saturated heterocycles. The van der Waals surface area contributed by atoms with Crippen LogP contribution in [-0.2, 0) is 4.74 Å². The first kappa shape index (κ1) is 14.5. The van der Waals surface area contributed by atoms with E-state index in [0.29, 0.717) is 12.4 Å². The fraction of sp³-hybridized carbons (Fsp3) is 0.923. The number of hydrogen-bond donors (Lipinski definition) is 1. The largest absolute Gasteiger partial charge is 0.370 e. The number of likely N-dealkylation sites (N-methyl/N-ethyl adjacent to an activating group) is 1. The van der Waals surface area contributed by atoms with E-state index in [2.05, 4.69) is 37.6 Å². The Morgan fingerprint density at radius 3 is 2.18 bits per heavy atom. The van der Waals surface area contributed by atoms with Gasteiger partial charge in [-0.15, -0.1) is 0 Å². The Hall–Kier alpha value is -0.610.